The van der Waals surface area contributed by atoms with E-state index in [0.717, 1.165) is 5.16 Å². The summed E-state index contributed by atoms with van der Waals surface area (Å²) >= 11 is 1.72. The standard InChI is InChI=1S/C16H19N3OS.C2H6/c1-4-17-14(20)12-10-18-15-19(12)13(16(2,3)21-15)11-8-6-5-7-9-11;1-2/h5-10,13H,4H2,1-3H3,(H,17,20);1-2H3. The molecule has 124 valence electrons. The van der Waals surface area contributed by atoms with Gasteiger partial charge in [-0.15, -0.1) is 0 Å². The Morgan fingerprint density at radius 2 is 1.96 bits per heavy atom. The van der Waals surface area contributed by atoms with E-state index in [-0.39, 0.29) is 16.7 Å². The monoisotopic (exact) mass is 331 g/mol. The minimum atomic E-state index is -0.0597. The van der Waals surface area contributed by atoms with Crippen LogP contribution in [0, 0.1) is 0 Å². The Labute approximate surface area is 142 Å². The van der Waals surface area contributed by atoms with Crippen LogP contribution in [0.1, 0.15) is 56.7 Å². The molecule has 1 atom stereocenters. The Morgan fingerprint density at radius 1 is 1.30 bits per heavy atom. The number of aromatic nitrogens is 2. The zero-order valence-corrected chi connectivity index (χ0v) is 15.3. The lowest BCUT2D eigenvalue weighted by atomic mass is 9.95. The SMILES string of the molecule is CC.CCNC(=O)c1cnc2n1C(c1ccccc1)C(C)(C)S2. The van der Waals surface area contributed by atoms with Crippen LogP contribution in [0.2, 0.25) is 0 Å². The molecule has 0 spiro atoms. The third-order valence-electron chi connectivity index (χ3n) is 3.72. The van der Waals surface area contributed by atoms with Gasteiger partial charge in [0, 0.05) is 11.3 Å². The van der Waals surface area contributed by atoms with Crippen molar-refractivity contribution in [1.29, 1.82) is 0 Å². The zero-order chi connectivity index (χ0) is 17.0. The van der Waals surface area contributed by atoms with Crippen LogP contribution in [0.4, 0.5) is 0 Å². The van der Waals surface area contributed by atoms with Crippen molar-refractivity contribution in [3.63, 3.8) is 0 Å². The second kappa shape index (κ2) is 7.21. The average Bonchev–Trinajstić information content (AvgIpc) is 3.04. The van der Waals surface area contributed by atoms with E-state index in [1.54, 1.807) is 18.0 Å². The minimum Gasteiger partial charge on any atom is -0.351 e. The van der Waals surface area contributed by atoms with E-state index in [0.29, 0.717) is 12.2 Å². The molecule has 1 aliphatic rings. The summed E-state index contributed by atoms with van der Waals surface area (Å²) < 4.78 is 2.04. The normalized spacial score (nSPS) is 17.9. The number of amides is 1. The molecule has 0 radical (unpaired) electrons. The second-order valence-corrected chi connectivity index (χ2v) is 7.30. The quantitative estimate of drug-likeness (QED) is 0.920. The fourth-order valence-corrected chi connectivity index (χ4v) is 4.11. The van der Waals surface area contributed by atoms with Crippen LogP contribution in [0.25, 0.3) is 0 Å². The molecule has 0 saturated carbocycles. The number of carbonyl (C=O) groups excluding carboxylic acids is 1. The number of carbonyl (C=O) groups is 1. The number of hydrogen-bond donors (Lipinski definition) is 1. The van der Waals surface area contributed by atoms with Gasteiger partial charge in [0.25, 0.3) is 5.91 Å². The molecule has 2 aromatic rings. The summed E-state index contributed by atoms with van der Waals surface area (Å²) in [4.78, 5) is 16.7. The first-order chi connectivity index (χ1) is 11.0. The maximum absolute atomic E-state index is 12.3. The fourth-order valence-electron chi connectivity index (χ4n) is 2.88. The predicted molar refractivity (Wildman–Crippen MR) is 96.1 cm³/mol. The van der Waals surface area contributed by atoms with Crippen molar-refractivity contribution in [1.82, 2.24) is 14.9 Å². The summed E-state index contributed by atoms with van der Waals surface area (Å²) in [5.74, 6) is -0.0597. The third kappa shape index (κ3) is 3.29. The van der Waals surface area contributed by atoms with Gasteiger partial charge in [-0.2, -0.15) is 0 Å². The van der Waals surface area contributed by atoms with Gasteiger partial charge in [-0.25, -0.2) is 4.98 Å². The van der Waals surface area contributed by atoms with Gasteiger partial charge >= 0.3 is 0 Å². The molecule has 0 aliphatic carbocycles. The van der Waals surface area contributed by atoms with E-state index in [1.165, 1.54) is 5.56 Å². The first-order valence-corrected chi connectivity index (χ1v) is 8.95. The van der Waals surface area contributed by atoms with Gasteiger partial charge < -0.3 is 9.88 Å². The van der Waals surface area contributed by atoms with E-state index < -0.39 is 0 Å². The highest BCUT2D eigenvalue weighted by Crippen LogP contribution is 2.51. The highest BCUT2D eigenvalue weighted by Gasteiger charge is 2.43. The van der Waals surface area contributed by atoms with Crippen LogP contribution in [0.3, 0.4) is 0 Å². The Morgan fingerprint density at radius 3 is 2.57 bits per heavy atom. The van der Waals surface area contributed by atoms with E-state index in [1.807, 2.05) is 39.0 Å². The van der Waals surface area contributed by atoms with Crippen LogP contribution in [-0.2, 0) is 0 Å². The Hall–Kier alpha value is -1.75. The van der Waals surface area contributed by atoms with Crippen LogP contribution in [-0.4, -0.2) is 26.8 Å². The summed E-state index contributed by atoms with van der Waals surface area (Å²) in [7, 11) is 0. The number of nitrogens with zero attached hydrogens (tertiary/aromatic N) is 2. The highest BCUT2D eigenvalue weighted by molar-refractivity contribution is 8.00. The molecule has 1 aliphatic heterocycles. The van der Waals surface area contributed by atoms with Crippen molar-refractivity contribution in [2.45, 2.75) is 50.6 Å². The zero-order valence-electron chi connectivity index (χ0n) is 14.5. The molecule has 1 unspecified atom stereocenters. The van der Waals surface area contributed by atoms with Crippen molar-refractivity contribution >= 4 is 17.7 Å². The van der Waals surface area contributed by atoms with E-state index in [2.05, 4.69) is 40.8 Å². The Balaban J connectivity index is 0.000000924. The molecule has 1 aromatic carbocycles. The first-order valence-electron chi connectivity index (χ1n) is 8.14. The number of nitrogens with one attached hydrogen (secondary N) is 1. The second-order valence-electron chi connectivity index (χ2n) is 5.67. The molecule has 4 nitrogen and oxygen atoms in total. The summed E-state index contributed by atoms with van der Waals surface area (Å²) in [6.07, 6.45) is 1.68. The lowest BCUT2D eigenvalue weighted by Gasteiger charge is -2.28. The maximum atomic E-state index is 12.3. The lowest BCUT2D eigenvalue weighted by molar-refractivity contribution is 0.0944. The number of thioether (sulfide) groups is 1. The molecule has 23 heavy (non-hydrogen) atoms. The number of imidazole rings is 1. The van der Waals surface area contributed by atoms with Gasteiger partial charge in [0.05, 0.1) is 12.2 Å². The van der Waals surface area contributed by atoms with Crippen LogP contribution >= 0.6 is 11.8 Å². The third-order valence-corrected chi connectivity index (χ3v) is 4.95. The van der Waals surface area contributed by atoms with Crippen LogP contribution < -0.4 is 5.32 Å². The van der Waals surface area contributed by atoms with Gasteiger partial charge in [0.2, 0.25) is 0 Å². The van der Waals surface area contributed by atoms with E-state index in [4.69, 9.17) is 0 Å². The van der Waals surface area contributed by atoms with Gasteiger partial charge in [-0.1, -0.05) is 55.9 Å². The maximum Gasteiger partial charge on any atom is 0.269 e. The minimum absolute atomic E-state index is 0.0355. The molecular weight excluding hydrogens is 306 g/mol. The Kier molecular flexibility index (Phi) is 5.52. The summed E-state index contributed by atoms with van der Waals surface area (Å²) in [5, 5.41) is 3.78. The van der Waals surface area contributed by atoms with E-state index >= 15 is 0 Å². The largest absolute Gasteiger partial charge is 0.351 e. The Bertz CT molecular complexity index is 664. The van der Waals surface area contributed by atoms with Crippen molar-refractivity contribution < 1.29 is 4.79 Å². The van der Waals surface area contributed by atoms with Crippen LogP contribution in [0.15, 0.2) is 41.7 Å². The number of benzene rings is 1. The fraction of sp³-hybridized carbons (Fsp3) is 0.444. The van der Waals surface area contributed by atoms with Crippen molar-refractivity contribution in [3.05, 3.63) is 47.8 Å². The van der Waals surface area contributed by atoms with Gasteiger partial charge in [-0.05, 0) is 26.3 Å². The predicted octanol–water partition coefficient (Wildman–Crippen LogP) is 4.13. The summed E-state index contributed by atoms with van der Waals surface area (Å²) in [6, 6.07) is 10.4. The van der Waals surface area contributed by atoms with Gasteiger partial charge in [-0.3, -0.25) is 4.79 Å². The molecule has 1 N–H and O–H groups in total. The summed E-state index contributed by atoms with van der Waals surface area (Å²) in [5.41, 5.74) is 1.84. The molecule has 0 fully saturated rings. The molecule has 1 amide bonds. The number of hydrogen-bond acceptors (Lipinski definition) is 3. The van der Waals surface area contributed by atoms with Crippen molar-refractivity contribution in [3.8, 4) is 0 Å². The molecule has 5 heteroatoms. The van der Waals surface area contributed by atoms with E-state index in [9.17, 15) is 4.79 Å². The smallest absolute Gasteiger partial charge is 0.269 e. The van der Waals surface area contributed by atoms with Crippen molar-refractivity contribution in [2.75, 3.05) is 6.54 Å². The average molecular weight is 331 g/mol. The highest BCUT2D eigenvalue weighted by atomic mass is 32.2. The molecular formula is C18H25N3OS. The van der Waals surface area contributed by atoms with Gasteiger partial charge in [0.15, 0.2) is 5.16 Å². The molecule has 0 bridgehead atoms. The van der Waals surface area contributed by atoms with Gasteiger partial charge in [0.1, 0.15) is 5.69 Å². The number of rotatable bonds is 3. The molecule has 0 saturated heterocycles. The molecule has 3 rings (SSSR count). The topological polar surface area (TPSA) is 46.9 Å². The molecule has 2 heterocycles. The van der Waals surface area contributed by atoms with Crippen molar-refractivity contribution in [2.24, 2.45) is 0 Å². The number of fused-ring (bicyclic) bond motifs is 1. The summed E-state index contributed by atoms with van der Waals surface area (Å²) in [6.45, 7) is 10.9. The van der Waals surface area contributed by atoms with Crippen LogP contribution in [0.5, 0.6) is 0 Å². The molecule has 1 aromatic heterocycles. The first kappa shape index (κ1) is 17.6. The lowest BCUT2D eigenvalue weighted by Crippen LogP contribution is -2.31.